The molecule has 0 aliphatic carbocycles. The van der Waals surface area contributed by atoms with Crippen LogP contribution in [0.1, 0.15) is 219 Å². The van der Waals surface area contributed by atoms with Crippen molar-refractivity contribution in [3.05, 3.63) is 35.9 Å². The summed E-state index contributed by atoms with van der Waals surface area (Å²) in [4.78, 5) is 96.8. The van der Waals surface area contributed by atoms with Gasteiger partial charge in [0.1, 0.15) is 29.7 Å². The summed E-state index contributed by atoms with van der Waals surface area (Å²) in [6.07, 6.45) is 22.9. The van der Waals surface area contributed by atoms with Gasteiger partial charge in [0, 0.05) is 77.4 Å². The molecule has 0 saturated heterocycles. The van der Waals surface area contributed by atoms with E-state index in [4.69, 9.17) is 23.7 Å². The largest absolute Gasteiger partial charge is 0.461 e. The number of hydrogen-bond donors (Lipinski definition) is 3. The average Bonchev–Trinajstić information content (AvgIpc) is 3.39. The van der Waals surface area contributed by atoms with Gasteiger partial charge in [-0.2, -0.15) is 0 Å². The zero-order valence-corrected chi connectivity index (χ0v) is 47.4. The van der Waals surface area contributed by atoms with Crippen LogP contribution in [0.3, 0.4) is 0 Å². The third-order valence-corrected chi connectivity index (χ3v) is 13.0. The molecule has 1 rings (SSSR count). The van der Waals surface area contributed by atoms with E-state index in [-0.39, 0.29) is 132 Å². The number of carbonyl (C=O) groups is 8. The second-order valence-corrected chi connectivity index (χ2v) is 20.7. The Morgan fingerprint density at radius 3 is 1.05 bits per heavy atom. The first-order valence-electron chi connectivity index (χ1n) is 29.1. The van der Waals surface area contributed by atoms with E-state index in [1.807, 2.05) is 30.3 Å². The minimum atomic E-state index is -0.891. The van der Waals surface area contributed by atoms with E-state index in [9.17, 15) is 38.4 Å². The van der Waals surface area contributed by atoms with E-state index in [2.05, 4.69) is 16.0 Å². The molecule has 0 aliphatic heterocycles. The number of benzene rings is 1. The Kier molecular flexibility index (Phi) is 44.9. The quantitative estimate of drug-likeness (QED) is 0.0409. The Morgan fingerprint density at radius 1 is 0.368 bits per heavy atom. The SMILES string of the molecule is CC(=O)CCCCCCCCC(=O)CCOCC(COCCC(=O)NCCCCCCCC(C)=O)(COCCC(=O)NCCCCCCCC(C)=O)COCCC(=O)NCCCCCCCC(=O)OCc1ccccc1. The Hall–Kier alpha value is -4.38. The summed E-state index contributed by atoms with van der Waals surface area (Å²) in [6.45, 7) is 7.76. The molecule has 0 atom stereocenters. The van der Waals surface area contributed by atoms with Crippen LogP contribution < -0.4 is 16.0 Å². The lowest BCUT2D eigenvalue weighted by Crippen LogP contribution is -2.42. The number of unbranched alkanes of at least 4 members (excludes halogenated alkanes) is 17. The number of ketones is 4. The first-order valence-corrected chi connectivity index (χ1v) is 29.1. The Balaban J connectivity index is 2.77. The topological polar surface area (TPSA) is 219 Å². The number of amides is 3. The van der Waals surface area contributed by atoms with E-state index < -0.39 is 5.41 Å². The number of ether oxygens (including phenoxy) is 5. The highest BCUT2D eigenvalue weighted by Gasteiger charge is 2.33. The molecule has 3 N–H and O–H groups in total. The normalized spacial score (nSPS) is 11.3. The number of hydrogen-bond acceptors (Lipinski definition) is 13. The summed E-state index contributed by atoms with van der Waals surface area (Å²) in [5, 5.41) is 8.89. The van der Waals surface area contributed by atoms with Gasteiger partial charge in [0.2, 0.25) is 17.7 Å². The van der Waals surface area contributed by atoms with Crippen molar-refractivity contribution in [1.82, 2.24) is 16.0 Å². The van der Waals surface area contributed by atoms with Crippen molar-refractivity contribution in [2.45, 2.75) is 220 Å². The molecule has 76 heavy (non-hydrogen) atoms. The van der Waals surface area contributed by atoms with Gasteiger partial charge in [0.15, 0.2) is 0 Å². The zero-order chi connectivity index (χ0) is 55.6. The molecule has 3 amide bonds. The fraction of sp³-hybridized carbons (Fsp3) is 0.767. The van der Waals surface area contributed by atoms with Crippen molar-refractivity contribution < 1.29 is 62.0 Å². The number of nitrogens with one attached hydrogen (secondary N) is 3. The van der Waals surface area contributed by atoms with E-state index in [1.165, 1.54) is 0 Å². The molecule has 0 saturated carbocycles. The lowest BCUT2D eigenvalue weighted by molar-refractivity contribution is -0.145. The standard InChI is InChI=1S/C60H101N3O13/c1-51(64)28-18-9-4-5-12-23-33-55(67)35-42-72-47-60(48-73-43-36-56(68)61-39-25-14-6-10-19-29-52(2)65,49-74-44-37-57(69)62-40-26-15-7-11-20-30-53(3)66)50-75-45-38-58(70)63-41-27-16-8-13-24-34-59(71)76-46-54-31-21-17-22-32-54/h17,21-22,31-32H,4-16,18-20,23-30,33-50H2,1-3H3,(H,61,68)(H,62,69)(H,63,70). The van der Waals surface area contributed by atoms with Gasteiger partial charge in [-0.05, 0) is 77.7 Å². The molecule has 0 bridgehead atoms. The van der Waals surface area contributed by atoms with Crippen molar-refractivity contribution in [3.63, 3.8) is 0 Å². The van der Waals surface area contributed by atoms with Gasteiger partial charge >= 0.3 is 5.97 Å². The maximum atomic E-state index is 12.8. The molecule has 1 aromatic rings. The number of rotatable bonds is 55. The Morgan fingerprint density at radius 2 is 0.684 bits per heavy atom. The summed E-state index contributed by atoms with van der Waals surface area (Å²) in [5.41, 5.74) is 0.0732. The van der Waals surface area contributed by atoms with Crippen molar-refractivity contribution in [2.24, 2.45) is 5.41 Å². The molecular weight excluding hydrogens is 971 g/mol. The summed E-state index contributed by atoms with van der Waals surface area (Å²) < 4.78 is 30.0. The smallest absolute Gasteiger partial charge is 0.306 e. The van der Waals surface area contributed by atoms with Gasteiger partial charge in [-0.25, -0.2) is 0 Å². The molecule has 0 aliphatic rings. The minimum Gasteiger partial charge on any atom is -0.461 e. The molecule has 0 unspecified atom stereocenters. The number of Topliss-reactive ketones (excluding diaryl/α,β-unsaturated/α-hetero) is 4. The van der Waals surface area contributed by atoms with E-state index in [1.54, 1.807) is 20.8 Å². The molecule has 434 valence electrons. The third kappa shape index (κ3) is 45.8. The molecule has 0 fully saturated rings. The fourth-order valence-corrected chi connectivity index (χ4v) is 8.36. The molecule has 1 aromatic carbocycles. The maximum Gasteiger partial charge on any atom is 0.306 e. The van der Waals surface area contributed by atoms with Gasteiger partial charge in [-0.15, -0.1) is 0 Å². The van der Waals surface area contributed by atoms with Crippen LogP contribution in [-0.2, 0) is 68.6 Å². The summed E-state index contributed by atoms with van der Waals surface area (Å²) in [7, 11) is 0. The van der Waals surface area contributed by atoms with E-state index >= 15 is 0 Å². The van der Waals surface area contributed by atoms with Crippen molar-refractivity contribution in [3.8, 4) is 0 Å². The van der Waals surface area contributed by atoms with Crippen LogP contribution in [0.15, 0.2) is 30.3 Å². The highest BCUT2D eigenvalue weighted by Crippen LogP contribution is 2.22. The average molecular weight is 1070 g/mol. The molecular formula is C60H101N3O13. The van der Waals surface area contributed by atoms with Crippen LogP contribution in [0.5, 0.6) is 0 Å². The molecule has 16 heteroatoms. The van der Waals surface area contributed by atoms with Crippen molar-refractivity contribution in [1.29, 1.82) is 0 Å². The Bertz CT molecular complexity index is 1590. The van der Waals surface area contributed by atoms with Crippen LogP contribution in [0, 0.1) is 5.41 Å². The summed E-state index contributed by atoms with van der Waals surface area (Å²) >= 11 is 0. The van der Waals surface area contributed by atoms with Crippen LogP contribution in [-0.4, -0.2) is 119 Å². The molecule has 0 aromatic heterocycles. The van der Waals surface area contributed by atoms with Gasteiger partial charge in [0.25, 0.3) is 0 Å². The fourth-order valence-electron chi connectivity index (χ4n) is 8.36. The molecule has 0 heterocycles. The minimum absolute atomic E-state index is 0.0949. The Labute approximate surface area is 457 Å². The van der Waals surface area contributed by atoms with Crippen LogP contribution >= 0.6 is 0 Å². The van der Waals surface area contributed by atoms with Gasteiger partial charge in [-0.3, -0.25) is 24.0 Å². The molecule has 0 spiro atoms. The predicted molar refractivity (Wildman–Crippen MR) is 297 cm³/mol. The van der Waals surface area contributed by atoms with Gasteiger partial charge in [0.05, 0.1) is 58.3 Å². The number of esters is 1. The molecule has 16 nitrogen and oxygen atoms in total. The lowest BCUT2D eigenvalue weighted by atomic mass is 9.92. The second-order valence-electron chi connectivity index (χ2n) is 20.7. The summed E-state index contributed by atoms with van der Waals surface area (Å²) in [6, 6.07) is 9.61. The predicted octanol–water partition coefficient (Wildman–Crippen LogP) is 10.2. The monoisotopic (exact) mass is 1070 g/mol. The van der Waals surface area contributed by atoms with Crippen molar-refractivity contribution in [2.75, 3.05) is 72.5 Å². The van der Waals surface area contributed by atoms with Gasteiger partial charge in [-0.1, -0.05) is 114 Å². The van der Waals surface area contributed by atoms with E-state index in [0.29, 0.717) is 51.7 Å². The maximum absolute atomic E-state index is 12.8. The highest BCUT2D eigenvalue weighted by atomic mass is 16.5. The number of carbonyl (C=O) groups excluding carboxylic acids is 8. The highest BCUT2D eigenvalue weighted by molar-refractivity contribution is 5.78. The van der Waals surface area contributed by atoms with Crippen molar-refractivity contribution >= 4 is 46.8 Å². The van der Waals surface area contributed by atoms with Crippen LogP contribution in [0.25, 0.3) is 0 Å². The summed E-state index contributed by atoms with van der Waals surface area (Å²) in [5.74, 6) is 0.163. The van der Waals surface area contributed by atoms with Crippen LogP contribution in [0.2, 0.25) is 0 Å². The van der Waals surface area contributed by atoms with Crippen LogP contribution in [0.4, 0.5) is 0 Å². The first kappa shape index (κ1) is 69.6. The zero-order valence-electron chi connectivity index (χ0n) is 47.4. The second kappa shape index (κ2) is 49.0. The lowest BCUT2D eigenvalue weighted by Gasteiger charge is -2.33. The third-order valence-electron chi connectivity index (χ3n) is 13.0. The first-order chi connectivity index (χ1) is 36.8. The van der Waals surface area contributed by atoms with E-state index in [0.717, 1.165) is 140 Å². The molecule has 0 radical (unpaired) electrons. The van der Waals surface area contributed by atoms with Gasteiger partial charge < -0.3 is 54.0 Å².